The maximum absolute atomic E-state index is 7.78. The zero-order valence-electron chi connectivity index (χ0n) is 16.7. The van der Waals surface area contributed by atoms with E-state index in [1.54, 1.807) is 42.0 Å². The number of ether oxygens (including phenoxy) is 1. The van der Waals surface area contributed by atoms with Gasteiger partial charge in [-0.3, -0.25) is 4.68 Å². The molecule has 0 bridgehead atoms. The molecule has 0 aliphatic carbocycles. The first-order valence-corrected chi connectivity index (χ1v) is 9.04. The van der Waals surface area contributed by atoms with Crippen LogP contribution in [0, 0.1) is 5.41 Å². The number of anilines is 3. The van der Waals surface area contributed by atoms with Crippen LogP contribution in [0.2, 0.25) is 0 Å². The van der Waals surface area contributed by atoms with Crippen molar-refractivity contribution in [3.63, 3.8) is 0 Å². The Balaban J connectivity index is 1.72. The van der Waals surface area contributed by atoms with Crippen LogP contribution in [0.5, 0.6) is 5.88 Å². The summed E-state index contributed by atoms with van der Waals surface area (Å²) in [7, 11) is 5.12. The second-order valence-corrected chi connectivity index (χ2v) is 6.22. The summed E-state index contributed by atoms with van der Waals surface area (Å²) < 4.78 is 8.53. The van der Waals surface area contributed by atoms with Gasteiger partial charge in [0.15, 0.2) is 5.82 Å². The number of aromatic nitrogens is 7. The minimum atomic E-state index is 0.457. The van der Waals surface area contributed by atoms with Gasteiger partial charge in [-0.2, -0.15) is 15.2 Å². The van der Waals surface area contributed by atoms with Crippen LogP contribution in [0.15, 0.2) is 42.9 Å². The molecular formula is C19H20N10O. The molecule has 0 atom stereocenters. The lowest BCUT2D eigenvalue weighted by Gasteiger charge is -2.14. The average Bonchev–Trinajstić information content (AvgIpc) is 3.43. The molecule has 3 N–H and O–H groups in total. The third-order valence-electron chi connectivity index (χ3n) is 4.37. The quantitative estimate of drug-likeness (QED) is 0.400. The Morgan fingerprint density at radius 1 is 1.20 bits per heavy atom. The maximum Gasteiger partial charge on any atom is 0.216 e. The van der Waals surface area contributed by atoms with Gasteiger partial charge in [0.2, 0.25) is 5.88 Å². The second-order valence-electron chi connectivity index (χ2n) is 6.22. The Bertz CT molecular complexity index is 1180. The van der Waals surface area contributed by atoms with E-state index in [0.29, 0.717) is 40.4 Å². The number of nitrogens with zero attached hydrogens (tertiary/aromatic N) is 7. The molecule has 0 radical (unpaired) electrons. The highest BCUT2D eigenvalue weighted by atomic mass is 16.5. The van der Waals surface area contributed by atoms with Crippen molar-refractivity contribution in [3.05, 3.63) is 48.4 Å². The average molecular weight is 404 g/mol. The Morgan fingerprint density at radius 2 is 2.07 bits per heavy atom. The number of hydrogen-bond donors (Lipinski definition) is 3. The predicted octanol–water partition coefficient (Wildman–Crippen LogP) is 2.25. The molecule has 30 heavy (non-hydrogen) atoms. The Morgan fingerprint density at radius 3 is 2.77 bits per heavy atom. The Kier molecular flexibility index (Phi) is 5.08. The van der Waals surface area contributed by atoms with Crippen LogP contribution in [-0.4, -0.2) is 54.9 Å². The molecule has 152 valence electrons. The van der Waals surface area contributed by atoms with E-state index in [4.69, 9.17) is 10.1 Å². The Labute approximate surface area is 172 Å². The third-order valence-corrected chi connectivity index (χ3v) is 4.37. The van der Waals surface area contributed by atoms with E-state index in [-0.39, 0.29) is 0 Å². The van der Waals surface area contributed by atoms with Crippen molar-refractivity contribution in [3.8, 4) is 23.1 Å². The zero-order valence-corrected chi connectivity index (χ0v) is 16.7. The molecule has 11 heteroatoms. The highest BCUT2D eigenvalue weighted by molar-refractivity contribution is 5.90. The van der Waals surface area contributed by atoms with Gasteiger partial charge in [0.05, 0.1) is 18.4 Å². The van der Waals surface area contributed by atoms with Crippen molar-refractivity contribution in [2.45, 2.75) is 0 Å². The normalized spacial score (nSPS) is 10.6. The van der Waals surface area contributed by atoms with E-state index >= 15 is 0 Å². The van der Waals surface area contributed by atoms with Gasteiger partial charge in [-0.15, -0.1) is 0 Å². The van der Waals surface area contributed by atoms with Crippen molar-refractivity contribution >= 4 is 23.7 Å². The van der Waals surface area contributed by atoms with Crippen LogP contribution in [-0.2, 0) is 7.05 Å². The first-order chi connectivity index (χ1) is 14.6. The third kappa shape index (κ3) is 3.55. The van der Waals surface area contributed by atoms with Crippen molar-refractivity contribution < 1.29 is 4.74 Å². The Hall–Kier alpha value is -4.28. The topological polar surface area (TPSA) is 131 Å². The SMILES string of the molecule is CNc1nc(Nc2cc(-c3nccc(OC)n3)nn2C)cc(-n2cccn2)c1C=N. The molecule has 0 saturated carbocycles. The van der Waals surface area contributed by atoms with Crippen LogP contribution in [0.1, 0.15) is 5.56 Å². The molecule has 0 amide bonds. The zero-order chi connectivity index (χ0) is 21.1. The van der Waals surface area contributed by atoms with Crippen LogP contribution in [0.25, 0.3) is 17.2 Å². The molecule has 0 saturated heterocycles. The number of methoxy groups -OCH3 is 1. The molecule has 11 nitrogen and oxygen atoms in total. The van der Waals surface area contributed by atoms with Gasteiger partial charge in [0.25, 0.3) is 0 Å². The van der Waals surface area contributed by atoms with Gasteiger partial charge in [0, 0.05) is 57.1 Å². The summed E-state index contributed by atoms with van der Waals surface area (Å²) in [5, 5.41) is 22.8. The summed E-state index contributed by atoms with van der Waals surface area (Å²) in [6, 6.07) is 7.15. The number of aryl methyl sites for hydroxylation is 1. The summed E-state index contributed by atoms with van der Waals surface area (Å²) in [5.74, 6) is 2.74. The summed E-state index contributed by atoms with van der Waals surface area (Å²) in [6.07, 6.45) is 6.37. The van der Waals surface area contributed by atoms with Crippen molar-refractivity contribution in [1.82, 2.24) is 34.5 Å². The second kappa shape index (κ2) is 7.99. The summed E-state index contributed by atoms with van der Waals surface area (Å²) >= 11 is 0. The molecule has 0 aromatic carbocycles. The number of hydrogen-bond acceptors (Lipinski definition) is 9. The van der Waals surface area contributed by atoms with Crippen LogP contribution in [0.4, 0.5) is 17.5 Å². The van der Waals surface area contributed by atoms with Crippen molar-refractivity contribution in [2.24, 2.45) is 7.05 Å². The fraction of sp³-hybridized carbons (Fsp3) is 0.158. The summed E-state index contributed by atoms with van der Waals surface area (Å²) in [6.45, 7) is 0. The molecular weight excluding hydrogens is 384 g/mol. The first kappa shape index (κ1) is 19.1. The molecule has 4 heterocycles. The lowest BCUT2D eigenvalue weighted by atomic mass is 10.2. The molecule has 0 aliphatic heterocycles. The van der Waals surface area contributed by atoms with Crippen LogP contribution < -0.4 is 15.4 Å². The molecule has 0 spiro atoms. The monoisotopic (exact) mass is 404 g/mol. The van der Waals surface area contributed by atoms with Crippen LogP contribution in [0.3, 0.4) is 0 Å². The molecule has 0 unspecified atom stereocenters. The van der Waals surface area contributed by atoms with Gasteiger partial charge in [-0.05, 0) is 6.07 Å². The molecule has 0 aliphatic rings. The van der Waals surface area contributed by atoms with Crippen molar-refractivity contribution in [1.29, 1.82) is 5.41 Å². The first-order valence-electron chi connectivity index (χ1n) is 9.04. The van der Waals surface area contributed by atoms with Gasteiger partial charge in [0.1, 0.15) is 23.1 Å². The summed E-state index contributed by atoms with van der Waals surface area (Å²) in [5.41, 5.74) is 1.94. The van der Waals surface area contributed by atoms with Crippen LogP contribution >= 0.6 is 0 Å². The fourth-order valence-corrected chi connectivity index (χ4v) is 2.94. The molecule has 4 aromatic rings. The van der Waals surface area contributed by atoms with E-state index in [1.165, 1.54) is 6.21 Å². The largest absolute Gasteiger partial charge is 0.481 e. The highest BCUT2D eigenvalue weighted by Crippen LogP contribution is 2.27. The van der Waals surface area contributed by atoms with Gasteiger partial charge >= 0.3 is 0 Å². The smallest absolute Gasteiger partial charge is 0.216 e. The summed E-state index contributed by atoms with van der Waals surface area (Å²) in [4.78, 5) is 13.2. The lowest BCUT2D eigenvalue weighted by molar-refractivity contribution is 0.397. The number of pyridine rings is 1. The fourth-order valence-electron chi connectivity index (χ4n) is 2.94. The lowest BCUT2D eigenvalue weighted by Crippen LogP contribution is -2.09. The maximum atomic E-state index is 7.78. The van der Waals surface area contributed by atoms with Crippen molar-refractivity contribution in [2.75, 3.05) is 24.8 Å². The highest BCUT2D eigenvalue weighted by Gasteiger charge is 2.15. The van der Waals surface area contributed by atoms with E-state index < -0.39 is 0 Å². The number of nitrogens with one attached hydrogen (secondary N) is 3. The molecule has 0 fully saturated rings. The number of rotatable bonds is 7. The minimum Gasteiger partial charge on any atom is -0.481 e. The van der Waals surface area contributed by atoms with E-state index in [2.05, 4.69) is 35.8 Å². The van der Waals surface area contributed by atoms with E-state index in [0.717, 1.165) is 5.69 Å². The minimum absolute atomic E-state index is 0.457. The van der Waals surface area contributed by atoms with E-state index in [1.807, 2.05) is 31.4 Å². The van der Waals surface area contributed by atoms with Gasteiger partial charge in [-0.1, -0.05) is 0 Å². The van der Waals surface area contributed by atoms with Gasteiger partial charge < -0.3 is 20.8 Å². The van der Waals surface area contributed by atoms with E-state index in [9.17, 15) is 0 Å². The standard InChI is InChI=1S/C19H20N10O/c1-21-18-12(11-20)14(29-8-4-6-23-29)10-15(25-18)24-16-9-13(27-28(16)2)19-22-7-5-17(26-19)30-3/h4-11,20H,1-3H3,(H2,21,24,25). The molecule has 4 rings (SSSR count). The molecule has 4 aromatic heterocycles. The predicted molar refractivity (Wildman–Crippen MR) is 113 cm³/mol. The van der Waals surface area contributed by atoms with Gasteiger partial charge in [-0.25, -0.2) is 14.6 Å².